The Labute approximate surface area is 121 Å². The molecule has 1 N–H and O–H groups in total. The summed E-state index contributed by atoms with van der Waals surface area (Å²) >= 11 is 3.40. The van der Waals surface area contributed by atoms with Gasteiger partial charge in [0.25, 0.3) is 5.69 Å². The summed E-state index contributed by atoms with van der Waals surface area (Å²) in [5.74, 6) is 0.691. The highest BCUT2D eigenvalue weighted by atomic mass is 79.9. The molecule has 0 spiro atoms. The second-order valence-corrected chi connectivity index (χ2v) is 6.35. The number of hydrogen-bond donors (Lipinski definition) is 1. The van der Waals surface area contributed by atoms with Gasteiger partial charge in [-0.05, 0) is 41.1 Å². The maximum atomic E-state index is 10.8. The van der Waals surface area contributed by atoms with E-state index < -0.39 is 4.92 Å². The van der Waals surface area contributed by atoms with Gasteiger partial charge in [0.05, 0.1) is 9.40 Å². The zero-order chi connectivity index (χ0) is 14.0. The smallest absolute Gasteiger partial charge is 0.291 e. The molecule has 0 atom stereocenters. The van der Waals surface area contributed by atoms with E-state index in [4.69, 9.17) is 0 Å². The van der Waals surface area contributed by atoms with Crippen LogP contribution in [-0.2, 0) is 0 Å². The monoisotopic (exact) mass is 327 g/mol. The lowest BCUT2D eigenvalue weighted by Crippen LogP contribution is -2.23. The van der Waals surface area contributed by atoms with Crippen molar-refractivity contribution in [3.8, 4) is 0 Å². The second-order valence-electron chi connectivity index (χ2n) is 5.56. The quantitative estimate of drug-likeness (QED) is 0.669. The standard InChI is InChI=1S/C13H18BrN3O2/c1-9-10(17(18)19)7-15-12(11(9)14)16-8-13(2)5-3-4-6-13/h7H,3-6,8H2,1-2H3,(H,15,16). The van der Waals surface area contributed by atoms with Crippen molar-refractivity contribution >= 4 is 27.4 Å². The van der Waals surface area contributed by atoms with Crippen molar-refractivity contribution in [1.82, 2.24) is 4.98 Å². The lowest BCUT2D eigenvalue weighted by Gasteiger charge is -2.24. The van der Waals surface area contributed by atoms with Gasteiger partial charge in [-0.3, -0.25) is 10.1 Å². The zero-order valence-corrected chi connectivity index (χ0v) is 12.8. The van der Waals surface area contributed by atoms with Crippen LogP contribution in [-0.4, -0.2) is 16.5 Å². The summed E-state index contributed by atoms with van der Waals surface area (Å²) in [6, 6.07) is 0. The van der Waals surface area contributed by atoms with Crippen LogP contribution in [0.4, 0.5) is 11.5 Å². The van der Waals surface area contributed by atoms with Gasteiger partial charge in [-0.15, -0.1) is 0 Å². The van der Waals surface area contributed by atoms with Crippen LogP contribution in [0.3, 0.4) is 0 Å². The summed E-state index contributed by atoms with van der Waals surface area (Å²) < 4.78 is 0.684. The van der Waals surface area contributed by atoms with E-state index in [2.05, 4.69) is 33.2 Å². The average molecular weight is 328 g/mol. The molecule has 0 aromatic carbocycles. The van der Waals surface area contributed by atoms with Gasteiger partial charge >= 0.3 is 0 Å². The summed E-state index contributed by atoms with van der Waals surface area (Å²) in [6.45, 7) is 4.86. The van der Waals surface area contributed by atoms with Crippen LogP contribution < -0.4 is 5.32 Å². The Kier molecular flexibility index (Phi) is 4.08. The number of nitrogens with zero attached hydrogens (tertiary/aromatic N) is 2. The second kappa shape index (κ2) is 5.45. The summed E-state index contributed by atoms with van der Waals surface area (Å²) in [4.78, 5) is 14.6. The summed E-state index contributed by atoms with van der Waals surface area (Å²) in [7, 11) is 0. The van der Waals surface area contributed by atoms with Gasteiger partial charge in [0.15, 0.2) is 0 Å². The predicted molar refractivity (Wildman–Crippen MR) is 78.4 cm³/mol. The van der Waals surface area contributed by atoms with Gasteiger partial charge in [0, 0.05) is 12.1 Å². The van der Waals surface area contributed by atoms with E-state index in [1.807, 2.05) is 0 Å². The van der Waals surface area contributed by atoms with E-state index in [1.165, 1.54) is 31.9 Å². The van der Waals surface area contributed by atoms with E-state index in [-0.39, 0.29) is 5.69 Å². The maximum absolute atomic E-state index is 10.8. The molecule has 1 aromatic heterocycles. The first-order chi connectivity index (χ1) is 8.93. The Morgan fingerprint density at radius 2 is 2.16 bits per heavy atom. The van der Waals surface area contributed by atoms with Crippen LogP contribution in [0.2, 0.25) is 0 Å². The first-order valence-corrected chi connectivity index (χ1v) is 7.26. The molecule has 1 saturated carbocycles. The summed E-state index contributed by atoms with van der Waals surface area (Å²) in [5, 5.41) is 14.1. The van der Waals surface area contributed by atoms with E-state index >= 15 is 0 Å². The number of halogens is 1. The Bertz CT molecular complexity index is 499. The molecule has 2 rings (SSSR count). The van der Waals surface area contributed by atoms with Crippen molar-refractivity contribution in [3.05, 3.63) is 26.3 Å². The van der Waals surface area contributed by atoms with Crippen LogP contribution in [0.25, 0.3) is 0 Å². The third-order valence-corrected chi connectivity index (χ3v) is 4.90. The SMILES string of the molecule is Cc1c([N+](=O)[O-])cnc(NCC2(C)CCCC2)c1Br. The molecule has 0 unspecified atom stereocenters. The fourth-order valence-corrected chi connectivity index (χ4v) is 3.02. The van der Waals surface area contributed by atoms with Gasteiger partial charge in [0.2, 0.25) is 0 Å². The number of aromatic nitrogens is 1. The minimum absolute atomic E-state index is 0.0458. The van der Waals surface area contributed by atoms with Crippen molar-refractivity contribution in [1.29, 1.82) is 0 Å². The molecule has 1 heterocycles. The van der Waals surface area contributed by atoms with Gasteiger partial charge in [-0.2, -0.15) is 0 Å². The molecule has 5 nitrogen and oxygen atoms in total. The number of pyridine rings is 1. The third kappa shape index (κ3) is 3.05. The molecule has 19 heavy (non-hydrogen) atoms. The highest BCUT2D eigenvalue weighted by Gasteiger charge is 2.29. The van der Waals surface area contributed by atoms with Gasteiger partial charge in [-0.1, -0.05) is 19.8 Å². The molecule has 6 heteroatoms. The molecule has 1 fully saturated rings. The largest absolute Gasteiger partial charge is 0.369 e. The fraction of sp³-hybridized carbons (Fsp3) is 0.615. The van der Waals surface area contributed by atoms with Crippen LogP contribution in [0, 0.1) is 22.5 Å². The van der Waals surface area contributed by atoms with Crippen molar-refractivity contribution in [2.45, 2.75) is 39.5 Å². The van der Waals surface area contributed by atoms with E-state index in [1.54, 1.807) is 6.92 Å². The van der Waals surface area contributed by atoms with E-state index in [0.717, 1.165) is 6.54 Å². The predicted octanol–water partition coefficient (Wildman–Crippen LogP) is 4.05. The van der Waals surface area contributed by atoms with Crippen molar-refractivity contribution in [2.24, 2.45) is 5.41 Å². The summed E-state index contributed by atoms with van der Waals surface area (Å²) in [5.41, 5.74) is 0.972. The van der Waals surface area contributed by atoms with E-state index in [0.29, 0.717) is 21.3 Å². The number of rotatable bonds is 4. The zero-order valence-electron chi connectivity index (χ0n) is 11.2. The Morgan fingerprint density at radius 1 is 1.53 bits per heavy atom. The number of nitrogens with one attached hydrogen (secondary N) is 1. The van der Waals surface area contributed by atoms with Gasteiger partial charge < -0.3 is 5.32 Å². The Hall–Kier alpha value is -1.17. The Balaban J connectivity index is 2.13. The third-order valence-electron chi connectivity index (χ3n) is 3.93. The highest BCUT2D eigenvalue weighted by molar-refractivity contribution is 9.10. The van der Waals surface area contributed by atoms with Gasteiger partial charge in [-0.25, -0.2) is 4.98 Å². The average Bonchev–Trinajstić information content (AvgIpc) is 2.78. The molecule has 1 aliphatic carbocycles. The normalized spacial score (nSPS) is 17.4. The fourth-order valence-electron chi connectivity index (χ4n) is 2.58. The van der Waals surface area contributed by atoms with Crippen LogP contribution in [0.1, 0.15) is 38.2 Å². The number of nitro groups is 1. The number of hydrogen-bond acceptors (Lipinski definition) is 4. The first-order valence-electron chi connectivity index (χ1n) is 6.46. The molecule has 0 aliphatic heterocycles. The molecular weight excluding hydrogens is 310 g/mol. The molecule has 0 bridgehead atoms. The molecule has 1 aliphatic rings. The minimum Gasteiger partial charge on any atom is -0.369 e. The molecule has 0 radical (unpaired) electrons. The molecular formula is C13H18BrN3O2. The lowest BCUT2D eigenvalue weighted by molar-refractivity contribution is -0.385. The molecule has 104 valence electrons. The maximum Gasteiger partial charge on any atom is 0.291 e. The molecule has 0 saturated heterocycles. The minimum atomic E-state index is -0.408. The summed E-state index contributed by atoms with van der Waals surface area (Å²) in [6.07, 6.45) is 6.34. The topological polar surface area (TPSA) is 68.1 Å². The Morgan fingerprint density at radius 3 is 2.74 bits per heavy atom. The van der Waals surface area contributed by atoms with Crippen LogP contribution in [0.15, 0.2) is 10.7 Å². The van der Waals surface area contributed by atoms with Crippen LogP contribution in [0.5, 0.6) is 0 Å². The van der Waals surface area contributed by atoms with Crippen molar-refractivity contribution in [3.63, 3.8) is 0 Å². The van der Waals surface area contributed by atoms with Gasteiger partial charge in [0.1, 0.15) is 12.0 Å². The van der Waals surface area contributed by atoms with Crippen LogP contribution >= 0.6 is 15.9 Å². The highest BCUT2D eigenvalue weighted by Crippen LogP contribution is 2.38. The first kappa shape index (κ1) is 14.2. The number of anilines is 1. The molecule has 1 aromatic rings. The molecule has 0 amide bonds. The lowest BCUT2D eigenvalue weighted by atomic mass is 9.89. The van der Waals surface area contributed by atoms with Crippen molar-refractivity contribution in [2.75, 3.05) is 11.9 Å². The van der Waals surface area contributed by atoms with Crippen molar-refractivity contribution < 1.29 is 4.92 Å². The van der Waals surface area contributed by atoms with E-state index in [9.17, 15) is 10.1 Å².